The maximum absolute atomic E-state index is 6.15. The predicted octanol–water partition coefficient (Wildman–Crippen LogP) is 3.34. The molecule has 0 fully saturated rings. The molecule has 2 atom stereocenters. The van der Waals surface area contributed by atoms with Crippen LogP contribution in [0, 0.1) is 0 Å². The molecule has 6 heteroatoms. The fraction of sp³-hybridized carbons (Fsp3) is 0.353. The molecule has 2 heterocycles. The van der Waals surface area contributed by atoms with Gasteiger partial charge in [0.1, 0.15) is 11.5 Å². The molecule has 0 radical (unpaired) electrons. The van der Waals surface area contributed by atoms with Crippen LogP contribution >= 0.6 is 11.6 Å². The second-order valence-corrected chi connectivity index (χ2v) is 5.70. The van der Waals surface area contributed by atoms with Crippen molar-refractivity contribution < 1.29 is 14.2 Å². The van der Waals surface area contributed by atoms with Gasteiger partial charge in [-0.2, -0.15) is 0 Å². The summed E-state index contributed by atoms with van der Waals surface area (Å²) in [6.07, 6.45) is 10.6. The van der Waals surface area contributed by atoms with Gasteiger partial charge in [0, 0.05) is 24.9 Å². The first-order valence-corrected chi connectivity index (χ1v) is 7.88. The number of imidazole rings is 1. The number of rotatable bonds is 7. The maximum Gasteiger partial charge on any atom is 0.138 e. The monoisotopic (exact) mass is 334 g/mol. The third kappa shape index (κ3) is 4.27. The molecular weight excluding hydrogens is 316 g/mol. The molecule has 1 aromatic heterocycles. The van der Waals surface area contributed by atoms with E-state index in [4.69, 9.17) is 25.8 Å². The molecule has 23 heavy (non-hydrogen) atoms. The van der Waals surface area contributed by atoms with E-state index in [1.807, 2.05) is 22.9 Å². The Kier molecular flexibility index (Phi) is 5.20. The smallest absolute Gasteiger partial charge is 0.138 e. The second-order valence-electron chi connectivity index (χ2n) is 5.29. The highest BCUT2D eigenvalue weighted by Gasteiger charge is 2.19. The van der Waals surface area contributed by atoms with Crippen LogP contribution in [-0.4, -0.2) is 35.5 Å². The molecule has 0 aliphatic carbocycles. The highest BCUT2D eigenvalue weighted by atomic mass is 35.5. The van der Waals surface area contributed by atoms with Gasteiger partial charge in [-0.05, 0) is 12.1 Å². The van der Waals surface area contributed by atoms with Crippen LogP contribution in [0.2, 0.25) is 5.02 Å². The quantitative estimate of drug-likeness (QED) is 0.729. The zero-order valence-electron chi connectivity index (χ0n) is 12.9. The predicted molar refractivity (Wildman–Crippen MR) is 88.1 cm³/mol. The van der Waals surface area contributed by atoms with Crippen molar-refractivity contribution in [1.82, 2.24) is 9.55 Å². The lowest BCUT2D eigenvalue weighted by Gasteiger charge is -2.15. The van der Waals surface area contributed by atoms with E-state index in [9.17, 15) is 0 Å². The summed E-state index contributed by atoms with van der Waals surface area (Å²) in [6, 6.07) is 5.38. The van der Waals surface area contributed by atoms with Gasteiger partial charge >= 0.3 is 0 Å². The lowest BCUT2D eigenvalue weighted by Crippen LogP contribution is -2.19. The number of halogens is 1. The largest absolute Gasteiger partial charge is 0.497 e. The summed E-state index contributed by atoms with van der Waals surface area (Å²) >= 11 is 6.15. The van der Waals surface area contributed by atoms with Gasteiger partial charge < -0.3 is 18.8 Å². The molecular formula is C17H19ClN2O3. The summed E-state index contributed by atoms with van der Waals surface area (Å²) in [4.78, 5) is 4.03. The Hall–Kier alpha value is -1.98. The number of nitrogens with zero attached hydrogens (tertiary/aromatic N) is 2. The van der Waals surface area contributed by atoms with Gasteiger partial charge in [-0.3, -0.25) is 0 Å². The van der Waals surface area contributed by atoms with Crippen LogP contribution < -0.4 is 9.47 Å². The summed E-state index contributed by atoms with van der Waals surface area (Å²) in [5, 5.41) is 0.546. The van der Waals surface area contributed by atoms with Gasteiger partial charge in [0.2, 0.25) is 0 Å². The van der Waals surface area contributed by atoms with Gasteiger partial charge in [-0.15, -0.1) is 0 Å². The molecule has 0 spiro atoms. The molecule has 1 aliphatic rings. The molecule has 2 aromatic rings. The molecule has 3 rings (SSSR count). The van der Waals surface area contributed by atoms with Crippen molar-refractivity contribution in [3.8, 4) is 11.5 Å². The summed E-state index contributed by atoms with van der Waals surface area (Å²) in [5.74, 6) is 1.37. The van der Waals surface area contributed by atoms with Crippen molar-refractivity contribution >= 4 is 11.6 Å². The fourth-order valence-corrected chi connectivity index (χ4v) is 2.67. The zero-order valence-corrected chi connectivity index (χ0v) is 13.6. The van der Waals surface area contributed by atoms with Crippen molar-refractivity contribution in [2.45, 2.75) is 25.2 Å². The summed E-state index contributed by atoms with van der Waals surface area (Å²) in [7, 11) is 1.61. The van der Waals surface area contributed by atoms with Crippen LogP contribution in [0.1, 0.15) is 6.42 Å². The van der Waals surface area contributed by atoms with E-state index in [0.29, 0.717) is 23.1 Å². The SMILES string of the molecule is COc1ccc(OCCC2C=C[C@@H](Cn3ccnc3)O2)c(Cl)c1. The lowest BCUT2D eigenvalue weighted by molar-refractivity contribution is 0.0393. The van der Waals surface area contributed by atoms with Gasteiger partial charge in [0.25, 0.3) is 0 Å². The minimum absolute atomic E-state index is 0.0699. The van der Waals surface area contributed by atoms with E-state index in [0.717, 1.165) is 13.0 Å². The first-order valence-electron chi connectivity index (χ1n) is 7.50. The molecule has 1 aromatic carbocycles. The lowest BCUT2D eigenvalue weighted by atomic mass is 10.2. The minimum atomic E-state index is 0.0699. The van der Waals surface area contributed by atoms with Gasteiger partial charge in [0.05, 0.1) is 43.8 Å². The third-order valence-electron chi connectivity index (χ3n) is 3.64. The van der Waals surface area contributed by atoms with Crippen molar-refractivity contribution in [2.24, 2.45) is 0 Å². The second kappa shape index (κ2) is 7.53. The molecule has 0 N–H and O–H groups in total. The molecule has 1 unspecified atom stereocenters. The maximum atomic E-state index is 6.15. The molecule has 5 nitrogen and oxygen atoms in total. The Balaban J connectivity index is 1.42. The van der Waals surface area contributed by atoms with E-state index in [1.165, 1.54) is 0 Å². The first-order chi connectivity index (χ1) is 11.2. The van der Waals surface area contributed by atoms with Crippen molar-refractivity contribution in [3.63, 3.8) is 0 Å². The number of benzene rings is 1. The van der Waals surface area contributed by atoms with Crippen LogP contribution in [0.15, 0.2) is 49.1 Å². The van der Waals surface area contributed by atoms with Gasteiger partial charge in [0.15, 0.2) is 0 Å². The van der Waals surface area contributed by atoms with Crippen molar-refractivity contribution in [2.75, 3.05) is 13.7 Å². The number of ether oxygens (including phenoxy) is 3. The van der Waals surface area contributed by atoms with Crippen LogP contribution in [0.5, 0.6) is 11.5 Å². The number of hydrogen-bond acceptors (Lipinski definition) is 4. The summed E-state index contributed by atoms with van der Waals surface area (Å²) < 4.78 is 18.8. The molecule has 0 saturated heterocycles. The zero-order chi connectivity index (χ0) is 16.1. The molecule has 0 saturated carbocycles. The van der Waals surface area contributed by atoms with E-state index < -0.39 is 0 Å². The van der Waals surface area contributed by atoms with E-state index in [-0.39, 0.29) is 12.2 Å². The topological polar surface area (TPSA) is 45.5 Å². The fourth-order valence-electron chi connectivity index (χ4n) is 2.44. The average molecular weight is 335 g/mol. The molecule has 1 aliphatic heterocycles. The first kappa shape index (κ1) is 15.9. The van der Waals surface area contributed by atoms with Gasteiger partial charge in [-0.1, -0.05) is 23.8 Å². The summed E-state index contributed by atoms with van der Waals surface area (Å²) in [6.45, 7) is 1.32. The highest BCUT2D eigenvalue weighted by Crippen LogP contribution is 2.29. The Morgan fingerprint density at radius 1 is 1.30 bits per heavy atom. The van der Waals surface area contributed by atoms with Crippen LogP contribution in [-0.2, 0) is 11.3 Å². The number of hydrogen-bond donors (Lipinski definition) is 0. The van der Waals surface area contributed by atoms with Crippen LogP contribution in [0.25, 0.3) is 0 Å². The van der Waals surface area contributed by atoms with Crippen molar-refractivity contribution in [1.29, 1.82) is 0 Å². The van der Waals surface area contributed by atoms with E-state index in [2.05, 4.69) is 17.1 Å². The average Bonchev–Trinajstić information content (AvgIpc) is 3.21. The molecule has 0 bridgehead atoms. The Labute approximate surface area is 140 Å². The molecule has 122 valence electrons. The normalized spacial score (nSPS) is 19.9. The minimum Gasteiger partial charge on any atom is -0.497 e. The van der Waals surface area contributed by atoms with Gasteiger partial charge in [-0.25, -0.2) is 4.98 Å². The Morgan fingerprint density at radius 3 is 2.91 bits per heavy atom. The third-order valence-corrected chi connectivity index (χ3v) is 3.93. The standard InChI is InChI=1S/C17H19ClN2O3/c1-21-14-4-5-17(16(18)10-14)22-9-6-13-2-3-15(23-13)11-20-8-7-19-12-20/h2-5,7-8,10,12-13,15H,6,9,11H2,1H3/t13?,15-/m0/s1. The van der Waals surface area contributed by atoms with Crippen LogP contribution in [0.4, 0.5) is 0 Å². The highest BCUT2D eigenvalue weighted by molar-refractivity contribution is 6.32. The Morgan fingerprint density at radius 2 is 2.17 bits per heavy atom. The Bertz CT molecular complexity index is 658. The van der Waals surface area contributed by atoms with Crippen LogP contribution in [0.3, 0.4) is 0 Å². The van der Waals surface area contributed by atoms with E-state index >= 15 is 0 Å². The van der Waals surface area contributed by atoms with Crippen molar-refractivity contribution in [3.05, 3.63) is 54.1 Å². The van der Waals surface area contributed by atoms with E-state index in [1.54, 1.807) is 25.7 Å². The summed E-state index contributed by atoms with van der Waals surface area (Å²) in [5.41, 5.74) is 0. The number of methoxy groups -OCH3 is 1. The molecule has 0 amide bonds. The number of aromatic nitrogens is 2.